The molecule has 0 saturated carbocycles. The smallest absolute Gasteiger partial charge is 0.328 e. The van der Waals surface area contributed by atoms with E-state index in [-0.39, 0.29) is 12.8 Å². The molecule has 0 aromatic carbocycles. The van der Waals surface area contributed by atoms with Gasteiger partial charge in [-0.15, -0.1) is 0 Å². The zero-order chi connectivity index (χ0) is 18.0. The lowest BCUT2D eigenvalue weighted by molar-refractivity contribution is -0.154. The number of hydrogen-bond acceptors (Lipinski definition) is 6. The number of Topliss-reactive ketones (excluding diaryl/α,β-unsaturated/α-hetero) is 2. The van der Waals surface area contributed by atoms with Gasteiger partial charge in [0.1, 0.15) is 6.04 Å². The van der Waals surface area contributed by atoms with Gasteiger partial charge < -0.3 is 20.3 Å². The van der Waals surface area contributed by atoms with Gasteiger partial charge in [-0.25, -0.2) is 4.79 Å². The van der Waals surface area contributed by atoms with Crippen LogP contribution < -0.4 is 5.32 Å². The molecule has 1 amide bonds. The molecule has 0 aliphatic rings. The van der Waals surface area contributed by atoms with Gasteiger partial charge in [0.2, 0.25) is 5.78 Å². The molecule has 1 N–H and O–H groups in total. The third-order valence-corrected chi connectivity index (χ3v) is 2.68. The number of nitrogens with one attached hydrogen (secondary N) is 1. The second-order valence-corrected chi connectivity index (χ2v) is 5.02. The van der Waals surface area contributed by atoms with Crippen LogP contribution in [0.1, 0.15) is 33.6 Å². The van der Waals surface area contributed by atoms with Crippen molar-refractivity contribution in [3.63, 3.8) is 0 Å². The van der Waals surface area contributed by atoms with Gasteiger partial charge in [-0.3, -0.25) is 14.4 Å². The van der Waals surface area contributed by atoms with Crippen LogP contribution >= 0.6 is 0 Å². The van der Waals surface area contributed by atoms with Gasteiger partial charge in [0.15, 0.2) is 11.9 Å². The fourth-order valence-corrected chi connectivity index (χ4v) is 1.68. The minimum absolute atomic E-state index is 0.0729. The van der Waals surface area contributed by atoms with Crippen LogP contribution in [0.15, 0.2) is 0 Å². The largest absolute Gasteiger partial charge is 0.461 e. The molecule has 0 aromatic heterocycles. The first-order valence-corrected chi connectivity index (χ1v) is 6.97. The van der Waals surface area contributed by atoms with Crippen molar-refractivity contribution in [2.45, 2.75) is 51.9 Å². The highest BCUT2D eigenvalue weighted by Gasteiger charge is 2.29. The van der Waals surface area contributed by atoms with Gasteiger partial charge in [-0.05, 0) is 27.2 Å². The zero-order valence-corrected chi connectivity index (χ0v) is 13.6. The number of amides is 1. The predicted octanol–water partition coefficient (Wildman–Crippen LogP) is -0.323. The van der Waals surface area contributed by atoms with Crippen LogP contribution in [0.2, 0.25) is 0 Å². The Bertz CT molecular complexity index is 511. The summed E-state index contributed by atoms with van der Waals surface area (Å²) in [7, 11) is 1.19. The summed E-state index contributed by atoms with van der Waals surface area (Å²) in [6, 6.07) is -1.13. The highest BCUT2D eigenvalue weighted by Crippen LogP contribution is 2.05. The van der Waals surface area contributed by atoms with Crippen LogP contribution in [0, 0.1) is 0 Å². The first-order valence-electron chi connectivity index (χ1n) is 6.97. The van der Waals surface area contributed by atoms with E-state index in [1.165, 1.54) is 14.0 Å². The van der Waals surface area contributed by atoms with Gasteiger partial charge in [0.05, 0.1) is 6.10 Å². The second-order valence-electron chi connectivity index (χ2n) is 5.02. The lowest BCUT2D eigenvalue weighted by Crippen LogP contribution is -2.49. The maximum atomic E-state index is 12.0. The Morgan fingerprint density at radius 3 is 2.30 bits per heavy atom. The van der Waals surface area contributed by atoms with Crippen molar-refractivity contribution in [3.05, 3.63) is 5.53 Å². The molecule has 9 heteroatoms. The van der Waals surface area contributed by atoms with Gasteiger partial charge in [-0.1, -0.05) is 0 Å². The second kappa shape index (κ2) is 10.4. The Morgan fingerprint density at radius 2 is 1.87 bits per heavy atom. The average molecular weight is 327 g/mol. The van der Waals surface area contributed by atoms with Crippen LogP contribution in [-0.2, 0) is 28.7 Å². The molecule has 0 aliphatic heterocycles. The molecule has 0 bridgehead atoms. The topological polar surface area (TPSA) is 135 Å². The molecule has 2 atom stereocenters. The van der Waals surface area contributed by atoms with Crippen molar-refractivity contribution in [2.75, 3.05) is 7.11 Å². The van der Waals surface area contributed by atoms with Crippen molar-refractivity contribution >= 4 is 29.7 Å². The van der Waals surface area contributed by atoms with Gasteiger partial charge in [0.25, 0.3) is 5.91 Å². The fourth-order valence-electron chi connectivity index (χ4n) is 1.68. The van der Waals surface area contributed by atoms with E-state index in [1.807, 2.05) is 0 Å². The molecule has 9 nitrogen and oxygen atoms in total. The first kappa shape index (κ1) is 20.6. The van der Waals surface area contributed by atoms with E-state index >= 15 is 0 Å². The Hall–Kier alpha value is -2.38. The maximum absolute atomic E-state index is 12.0. The number of carbonyl (C=O) groups is 4. The molecule has 0 radical (unpaired) electrons. The molecule has 128 valence electrons. The summed E-state index contributed by atoms with van der Waals surface area (Å²) in [6.07, 6.45) is -1.29. The summed E-state index contributed by atoms with van der Waals surface area (Å²) >= 11 is 0. The van der Waals surface area contributed by atoms with E-state index in [0.717, 1.165) is 0 Å². The van der Waals surface area contributed by atoms with Crippen LogP contribution in [0.5, 0.6) is 0 Å². The summed E-state index contributed by atoms with van der Waals surface area (Å²) in [6.45, 7) is 4.44. The molecule has 0 unspecified atom stereocenters. The Balaban J connectivity index is 5.00. The number of hydrogen-bond donors (Lipinski definition) is 1. The Morgan fingerprint density at radius 1 is 1.26 bits per heavy atom. The number of methoxy groups -OCH3 is 1. The summed E-state index contributed by atoms with van der Waals surface area (Å²) in [4.78, 5) is 49.2. The van der Waals surface area contributed by atoms with Crippen LogP contribution in [0.4, 0.5) is 0 Å². The molecule has 0 rings (SSSR count). The lowest BCUT2D eigenvalue weighted by Gasteiger charge is -2.20. The molecule has 0 heterocycles. The molecular formula is C14H21N3O6. The first-order chi connectivity index (χ1) is 10.7. The summed E-state index contributed by atoms with van der Waals surface area (Å²) in [5, 5.41) is 2.33. The maximum Gasteiger partial charge on any atom is 0.328 e. The van der Waals surface area contributed by atoms with Crippen LogP contribution in [-0.4, -0.2) is 59.8 Å². The highest BCUT2D eigenvalue weighted by atomic mass is 16.5. The molecule has 23 heavy (non-hydrogen) atoms. The number of nitrogens with zero attached hydrogens (tertiary/aromatic N) is 2. The minimum Gasteiger partial charge on any atom is -0.461 e. The molecule has 0 saturated heterocycles. The predicted molar refractivity (Wildman–Crippen MR) is 78.6 cm³/mol. The minimum atomic E-state index is -1.35. The van der Waals surface area contributed by atoms with Gasteiger partial charge >= 0.3 is 12.2 Å². The van der Waals surface area contributed by atoms with Crippen molar-refractivity contribution in [1.82, 2.24) is 5.32 Å². The van der Waals surface area contributed by atoms with E-state index in [4.69, 9.17) is 15.0 Å². The van der Waals surface area contributed by atoms with E-state index in [0.29, 0.717) is 6.21 Å². The van der Waals surface area contributed by atoms with E-state index < -0.39 is 41.7 Å². The third-order valence-electron chi connectivity index (χ3n) is 2.68. The van der Waals surface area contributed by atoms with Crippen molar-refractivity contribution < 1.29 is 33.4 Å². The van der Waals surface area contributed by atoms with Crippen molar-refractivity contribution in [2.24, 2.45) is 0 Å². The number of esters is 1. The fraction of sp³-hybridized carbons (Fsp3) is 0.643. The number of carbonyl (C=O) groups excluding carboxylic acids is 4. The van der Waals surface area contributed by atoms with Gasteiger partial charge in [0, 0.05) is 13.5 Å². The average Bonchev–Trinajstić information content (AvgIpc) is 2.43. The highest BCUT2D eigenvalue weighted by molar-refractivity contribution is 6.25. The molecule has 0 aliphatic carbocycles. The van der Waals surface area contributed by atoms with Crippen molar-refractivity contribution in [3.8, 4) is 0 Å². The Labute approximate surface area is 133 Å². The Kier molecular flexibility index (Phi) is 9.29. The summed E-state index contributed by atoms with van der Waals surface area (Å²) in [5.74, 6) is -2.59. The molecular weight excluding hydrogens is 306 g/mol. The van der Waals surface area contributed by atoms with E-state index in [1.54, 1.807) is 13.8 Å². The SMILES string of the molecule is CO[C@@H](C(C)=O)C(=O)N[C@@H](CCC(=O)C=[N+]=[N-])C(=O)OC(C)C. The van der Waals surface area contributed by atoms with Gasteiger partial charge in [-0.2, -0.15) is 4.79 Å². The molecule has 0 fully saturated rings. The quantitative estimate of drug-likeness (QED) is 0.192. The zero-order valence-electron chi connectivity index (χ0n) is 13.6. The number of ketones is 2. The normalized spacial score (nSPS) is 12.7. The van der Waals surface area contributed by atoms with E-state index in [2.05, 4.69) is 10.1 Å². The summed E-state index contributed by atoms with van der Waals surface area (Å²) < 4.78 is 9.77. The third kappa shape index (κ3) is 7.98. The van der Waals surface area contributed by atoms with Crippen LogP contribution in [0.3, 0.4) is 0 Å². The lowest BCUT2D eigenvalue weighted by atomic mass is 10.1. The monoisotopic (exact) mass is 327 g/mol. The van der Waals surface area contributed by atoms with E-state index in [9.17, 15) is 19.2 Å². The molecule has 0 spiro atoms. The summed E-state index contributed by atoms with van der Waals surface area (Å²) in [5.41, 5.74) is 8.27. The van der Waals surface area contributed by atoms with Crippen molar-refractivity contribution in [1.29, 1.82) is 0 Å². The number of rotatable bonds is 10. The molecule has 0 aromatic rings. The number of ether oxygens (including phenoxy) is 2. The van der Waals surface area contributed by atoms with Crippen LogP contribution in [0.25, 0.3) is 5.53 Å². The standard InChI is InChI=1S/C14H21N3O6/c1-8(2)23-14(21)11(6-5-10(19)7-16-15)17-13(20)12(22-4)9(3)18/h7-8,11-12H,5-6H2,1-4H3,(H,17,20)/t11-,12-/m0/s1.